The van der Waals surface area contributed by atoms with E-state index in [-0.39, 0.29) is 5.56 Å². The van der Waals surface area contributed by atoms with Crippen LogP contribution in [0.3, 0.4) is 0 Å². The zero-order valence-corrected chi connectivity index (χ0v) is 10.8. The van der Waals surface area contributed by atoms with Crippen molar-refractivity contribution in [3.8, 4) is 0 Å². The van der Waals surface area contributed by atoms with Crippen molar-refractivity contribution in [1.29, 1.82) is 0 Å². The first-order valence-electron chi connectivity index (χ1n) is 6.14. The molecular formula is C14H21F2N. The Morgan fingerprint density at radius 1 is 1.18 bits per heavy atom. The summed E-state index contributed by atoms with van der Waals surface area (Å²) in [5.74, 6) is -0.299. The lowest BCUT2D eigenvalue weighted by Crippen LogP contribution is -2.27. The Balaban J connectivity index is 2.59. The number of nitrogens with one attached hydrogen (secondary N) is 1. The molecule has 0 spiro atoms. The molecule has 0 heterocycles. The van der Waals surface area contributed by atoms with Crippen molar-refractivity contribution in [1.82, 2.24) is 5.32 Å². The average Bonchev–Trinajstić information content (AvgIpc) is 2.26. The second kappa shape index (κ2) is 6.70. The Kier molecular flexibility index (Phi) is 5.56. The van der Waals surface area contributed by atoms with E-state index in [1.165, 1.54) is 18.2 Å². The van der Waals surface area contributed by atoms with Gasteiger partial charge in [-0.15, -0.1) is 0 Å². The quantitative estimate of drug-likeness (QED) is 0.803. The van der Waals surface area contributed by atoms with E-state index < -0.39 is 11.6 Å². The number of benzene rings is 1. The van der Waals surface area contributed by atoms with Gasteiger partial charge in [-0.1, -0.05) is 19.9 Å². The molecule has 1 atom stereocenters. The van der Waals surface area contributed by atoms with Gasteiger partial charge in [0.15, 0.2) is 0 Å². The van der Waals surface area contributed by atoms with Crippen LogP contribution in [0.25, 0.3) is 0 Å². The lowest BCUT2D eigenvalue weighted by atomic mass is 9.97. The van der Waals surface area contributed by atoms with Crippen molar-refractivity contribution < 1.29 is 8.78 Å². The molecule has 0 aliphatic carbocycles. The molecule has 1 nitrogen and oxygen atoms in total. The van der Waals surface area contributed by atoms with Crippen molar-refractivity contribution in [2.45, 2.75) is 39.2 Å². The van der Waals surface area contributed by atoms with Gasteiger partial charge in [-0.2, -0.15) is 0 Å². The van der Waals surface area contributed by atoms with Crippen LogP contribution in [0.2, 0.25) is 0 Å². The zero-order chi connectivity index (χ0) is 12.8. The van der Waals surface area contributed by atoms with Gasteiger partial charge in [0, 0.05) is 11.6 Å². The number of hydrogen-bond acceptors (Lipinski definition) is 1. The van der Waals surface area contributed by atoms with E-state index in [0.717, 1.165) is 12.8 Å². The van der Waals surface area contributed by atoms with Gasteiger partial charge in [0.1, 0.15) is 11.6 Å². The predicted octanol–water partition coefficient (Wildman–Crippen LogP) is 3.53. The van der Waals surface area contributed by atoms with E-state index in [0.29, 0.717) is 18.4 Å². The molecule has 1 unspecified atom stereocenters. The molecule has 0 aliphatic rings. The third-order valence-electron chi connectivity index (χ3n) is 2.97. The van der Waals surface area contributed by atoms with Gasteiger partial charge >= 0.3 is 0 Å². The predicted molar refractivity (Wildman–Crippen MR) is 67.0 cm³/mol. The second-order valence-electron chi connectivity index (χ2n) is 4.85. The molecule has 1 aromatic rings. The van der Waals surface area contributed by atoms with Gasteiger partial charge in [0.2, 0.25) is 0 Å². The number of hydrogen-bond donors (Lipinski definition) is 1. The van der Waals surface area contributed by atoms with E-state index in [2.05, 4.69) is 19.2 Å². The van der Waals surface area contributed by atoms with Crippen LogP contribution in [0, 0.1) is 17.6 Å². The van der Waals surface area contributed by atoms with Crippen LogP contribution in [0.15, 0.2) is 18.2 Å². The van der Waals surface area contributed by atoms with Gasteiger partial charge in [-0.25, -0.2) is 8.78 Å². The van der Waals surface area contributed by atoms with Gasteiger partial charge in [-0.05, 0) is 44.4 Å². The van der Waals surface area contributed by atoms with Crippen LogP contribution in [0.4, 0.5) is 8.78 Å². The minimum Gasteiger partial charge on any atom is -0.317 e. The highest BCUT2D eigenvalue weighted by atomic mass is 19.1. The third-order valence-corrected chi connectivity index (χ3v) is 2.97. The van der Waals surface area contributed by atoms with Crippen LogP contribution in [-0.2, 0) is 6.42 Å². The Morgan fingerprint density at radius 3 is 2.24 bits per heavy atom. The summed E-state index contributed by atoms with van der Waals surface area (Å²) < 4.78 is 26.8. The van der Waals surface area contributed by atoms with Crippen LogP contribution in [-0.4, -0.2) is 13.1 Å². The minimum absolute atomic E-state index is 0.205. The summed E-state index contributed by atoms with van der Waals surface area (Å²) in [6, 6.07) is 4.34. The van der Waals surface area contributed by atoms with Crippen LogP contribution in [0.5, 0.6) is 0 Å². The smallest absolute Gasteiger partial charge is 0.129 e. The van der Waals surface area contributed by atoms with Crippen LogP contribution >= 0.6 is 0 Å². The molecule has 17 heavy (non-hydrogen) atoms. The Labute approximate surface area is 102 Å². The molecule has 1 N–H and O–H groups in total. The highest BCUT2D eigenvalue weighted by molar-refractivity contribution is 5.19. The molecule has 96 valence electrons. The van der Waals surface area contributed by atoms with Crippen molar-refractivity contribution >= 4 is 0 Å². The fourth-order valence-electron chi connectivity index (χ4n) is 2.04. The summed E-state index contributed by atoms with van der Waals surface area (Å²) in [4.78, 5) is 0. The first kappa shape index (κ1) is 14.1. The molecule has 1 aromatic carbocycles. The standard InChI is InChI=1S/C14H21F2N/c1-10(2)9-11(17-3)7-8-12-13(15)5-4-6-14(12)16/h4-6,10-11,17H,7-9H2,1-3H3. The summed E-state index contributed by atoms with van der Waals surface area (Å²) >= 11 is 0. The largest absolute Gasteiger partial charge is 0.317 e. The molecule has 0 radical (unpaired) electrons. The Morgan fingerprint density at radius 2 is 1.76 bits per heavy atom. The van der Waals surface area contributed by atoms with Crippen molar-refractivity contribution in [3.63, 3.8) is 0 Å². The molecular weight excluding hydrogens is 220 g/mol. The fourth-order valence-corrected chi connectivity index (χ4v) is 2.04. The summed E-state index contributed by atoms with van der Waals surface area (Å²) in [5.41, 5.74) is 0.205. The summed E-state index contributed by atoms with van der Waals surface area (Å²) in [6.45, 7) is 4.29. The summed E-state index contributed by atoms with van der Waals surface area (Å²) in [6.07, 6.45) is 2.22. The summed E-state index contributed by atoms with van der Waals surface area (Å²) in [7, 11) is 1.89. The van der Waals surface area contributed by atoms with Gasteiger partial charge in [-0.3, -0.25) is 0 Å². The number of halogens is 2. The maximum Gasteiger partial charge on any atom is 0.129 e. The lowest BCUT2D eigenvalue weighted by Gasteiger charge is -2.18. The Hall–Kier alpha value is -0.960. The molecule has 0 saturated carbocycles. The molecule has 0 saturated heterocycles. The summed E-state index contributed by atoms with van der Waals surface area (Å²) in [5, 5.41) is 3.20. The van der Waals surface area contributed by atoms with Gasteiger partial charge in [0.05, 0.1) is 0 Å². The first-order chi connectivity index (χ1) is 8.04. The highest BCUT2D eigenvalue weighted by Gasteiger charge is 2.13. The van der Waals surface area contributed by atoms with Gasteiger partial charge in [0.25, 0.3) is 0 Å². The fraction of sp³-hybridized carbons (Fsp3) is 0.571. The molecule has 3 heteroatoms. The van der Waals surface area contributed by atoms with Crippen molar-refractivity contribution in [2.75, 3.05) is 7.05 Å². The molecule has 0 amide bonds. The first-order valence-corrected chi connectivity index (χ1v) is 6.14. The SMILES string of the molecule is CNC(CCc1c(F)cccc1F)CC(C)C. The minimum atomic E-state index is -0.440. The second-order valence-corrected chi connectivity index (χ2v) is 4.85. The average molecular weight is 241 g/mol. The molecule has 0 fully saturated rings. The van der Waals surface area contributed by atoms with Crippen LogP contribution < -0.4 is 5.32 Å². The Bertz CT molecular complexity index is 330. The zero-order valence-electron chi connectivity index (χ0n) is 10.8. The van der Waals surface area contributed by atoms with Crippen molar-refractivity contribution in [2.24, 2.45) is 5.92 Å². The van der Waals surface area contributed by atoms with E-state index in [1.54, 1.807) is 0 Å². The van der Waals surface area contributed by atoms with Gasteiger partial charge < -0.3 is 5.32 Å². The van der Waals surface area contributed by atoms with E-state index >= 15 is 0 Å². The lowest BCUT2D eigenvalue weighted by molar-refractivity contribution is 0.416. The van der Waals surface area contributed by atoms with Crippen LogP contribution in [0.1, 0.15) is 32.3 Å². The van der Waals surface area contributed by atoms with E-state index in [1.807, 2.05) is 7.05 Å². The maximum atomic E-state index is 13.4. The van der Waals surface area contributed by atoms with E-state index in [4.69, 9.17) is 0 Å². The van der Waals surface area contributed by atoms with Crippen molar-refractivity contribution in [3.05, 3.63) is 35.4 Å². The molecule has 0 aliphatic heterocycles. The molecule has 0 bridgehead atoms. The number of rotatable bonds is 6. The molecule has 1 rings (SSSR count). The monoisotopic (exact) mass is 241 g/mol. The van der Waals surface area contributed by atoms with E-state index in [9.17, 15) is 8.78 Å². The normalized spacial score (nSPS) is 13.1. The maximum absolute atomic E-state index is 13.4. The topological polar surface area (TPSA) is 12.0 Å². The molecule has 0 aromatic heterocycles. The highest BCUT2D eigenvalue weighted by Crippen LogP contribution is 2.17. The third kappa shape index (κ3) is 4.43.